The van der Waals surface area contributed by atoms with Crippen LogP contribution in [0.4, 0.5) is 5.69 Å². The number of likely N-dealkylation sites (tertiary alicyclic amines) is 1. The second-order valence-corrected chi connectivity index (χ2v) is 8.34. The molecule has 1 unspecified atom stereocenters. The molecule has 2 fully saturated rings. The number of carbonyl (C=O) groups is 2. The van der Waals surface area contributed by atoms with Gasteiger partial charge in [-0.1, -0.05) is 26.0 Å². The third kappa shape index (κ3) is 5.32. The number of amides is 2. The van der Waals surface area contributed by atoms with E-state index in [1.165, 1.54) is 5.56 Å². The van der Waals surface area contributed by atoms with Crippen LogP contribution in [-0.2, 0) is 9.59 Å². The number of rotatable bonds is 6. The first-order chi connectivity index (χ1) is 13.4. The Morgan fingerprint density at radius 2 is 1.54 bits per heavy atom. The minimum absolute atomic E-state index is 0.0268. The Kier molecular flexibility index (Phi) is 7.08. The van der Waals surface area contributed by atoms with Gasteiger partial charge < -0.3 is 10.2 Å². The van der Waals surface area contributed by atoms with E-state index in [0.717, 1.165) is 57.8 Å². The molecule has 1 aromatic rings. The molecule has 0 radical (unpaired) electrons. The van der Waals surface area contributed by atoms with Crippen molar-refractivity contribution in [1.82, 2.24) is 14.7 Å². The number of piperazine rings is 1. The molecular weight excluding hydrogens is 352 g/mol. The predicted molar refractivity (Wildman–Crippen MR) is 112 cm³/mol. The third-order valence-corrected chi connectivity index (χ3v) is 6.00. The number of anilines is 1. The van der Waals surface area contributed by atoms with Gasteiger partial charge in [-0.2, -0.15) is 0 Å². The molecule has 0 bridgehead atoms. The largest absolute Gasteiger partial charge is 0.342 e. The fourth-order valence-electron chi connectivity index (χ4n) is 3.93. The van der Waals surface area contributed by atoms with Crippen LogP contribution in [0.2, 0.25) is 0 Å². The van der Waals surface area contributed by atoms with Gasteiger partial charge in [-0.15, -0.1) is 0 Å². The Labute approximate surface area is 168 Å². The molecule has 6 nitrogen and oxygen atoms in total. The van der Waals surface area contributed by atoms with E-state index in [-0.39, 0.29) is 17.9 Å². The standard InChI is InChI=1S/C22H34N4O2/c1-17(2)19-6-8-20(9-7-19)23-22(28)18(3)25-14-12-24(13-15-25)16-21(27)26-10-4-5-11-26/h6-9,17-18H,4-5,10-16H2,1-3H3,(H,23,28). The molecule has 1 N–H and O–H groups in total. The molecule has 1 atom stereocenters. The lowest BCUT2D eigenvalue weighted by Crippen LogP contribution is -2.54. The molecule has 0 spiro atoms. The molecule has 154 valence electrons. The molecule has 0 saturated carbocycles. The average Bonchev–Trinajstić information content (AvgIpc) is 3.23. The lowest BCUT2D eigenvalue weighted by molar-refractivity contribution is -0.132. The van der Waals surface area contributed by atoms with Crippen LogP contribution in [0.3, 0.4) is 0 Å². The van der Waals surface area contributed by atoms with Gasteiger partial charge >= 0.3 is 0 Å². The Bertz CT molecular complexity index is 660. The summed E-state index contributed by atoms with van der Waals surface area (Å²) in [6, 6.07) is 7.91. The van der Waals surface area contributed by atoms with Gasteiger partial charge in [0.25, 0.3) is 0 Å². The van der Waals surface area contributed by atoms with Crippen molar-refractivity contribution < 1.29 is 9.59 Å². The smallest absolute Gasteiger partial charge is 0.241 e. The summed E-state index contributed by atoms with van der Waals surface area (Å²) in [5, 5.41) is 3.03. The number of hydrogen-bond donors (Lipinski definition) is 1. The molecule has 6 heteroatoms. The monoisotopic (exact) mass is 386 g/mol. The van der Waals surface area contributed by atoms with Crippen LogP contribution in [-0.4, -0.2) is 78.4 Å². The molecule has 1 aromatic carbocycles. The van der Waals surface area contributed by atoms with Gasteiger partial charge in [0, 0.05) is 45.0 Å². The van der Waals surface area contributed by atoms with E-state index in [1.807, 2.05) is 24.0 Å². The predicted octanol–water partition coefficient (Wildman–Crippen LogP) is 2.38. The quantitative estimate of drug-likeness (QED) is 0.816. The lowest BCUT2D eigenvalue weighted by Gasteiger charge is -2.37. The maximum absolute atomic E-state index is 12.6. The summed E-state index contributed by atoms with van der Waals surface area (Å²) >= 11 is 0. The second kappa shape index (κ2) is 9.52. The summed E-state index contributed by atoms with van der Waals surface area (Å²) in [4.78, 5) is 31.3. The van der Waals surface area contributed by atoms with E-state index >= 15 is 0 Å². The van der Waals surface area contributed by atoms with Gasteiger partial charge in [-0.25, -0.2) is 0 Å². The van der Waals surface area contributed by atoms with Gasteiger partial charge in [0.1, 0.15) is 0 Å². The highest BCUT2D eigenvalue weighted by Crippen LogP contribution is 2.18. The van der Waals surface area contributed by atoms with Crippen molar-refractivity contribution in [2.75, 3.05) is 51.1 Å². The highest BCUT2D eigenvalue weighted by atomic mass is 16.2. The molecule has 3 rings (SSSR count). The zero-order valence-electron chi connectivity index (χ0n) is 17.5. The van der Waals surface area contributed by atoms with Crippen LogP contribution in [0, 0.1) is 0 Å². The number of carbonyl (C=O) groups excluding carboxylic acids is 2. The molecule has 0 aromatic heterocycles. The van der Waals surface area contributed by atoms with E-state index in [0.29, 0.717) is 12.5 Å². The first-order valence-corrected chi connectivity index (χ1v) is 10.6. The molecule has 2 aliphatic heterocycles. The molecule has 2 heterocycles. The van der Waals surface area contributed by atoms with E-state index in [4.69, 9.17) is 0 Å². The molecular formula is C22H34N4O2. The topological polar surface area (TPSA) is 55.9 Å². The Morgan fingerprint density at radius 1 is 0.929 bits per heavy atom. The summed E-state index contributed by atoms with van der Waals surface area (Å²) in [6.07, 6.45) is 2.26. The Hall–Kier alpha value is -1.92. The summed E-state index contributed by atoms with van der Waals surface area (Å²) in [7, 11) is 0. The highest BCUT2D eigenvalue weighted by Gasteiger charge is 2.27. The third-order valence-electron chi connectivity index (χ3n) is 6.00. The normalized spacial score (nSPS) is 19.8. The molecule has 2 aliphatic rings. The Morgan fingerprint density at radius 3 is 2.11 bits per heavy atom. The van der Waals surface area contributed by atoms with Crippen LogP contribution >= 0.6 is 0 Å². The van der Waals surface area contributed by atoms with Gasteiger partial charge in [0.2, 0.25) is 11.8 Å². The number of hydrogen-bond acceptors (Lipinski definition) is 4. The number of benzene rings is 1. The van der Waals surface area contributed by atoms with Crippen LogP contribution in [0.1, 0.15) is 45.1 Å². The molecule has 2 amide bonds. The van der Waals surface area contributed by atoms with Gasteiger partial charge in [0.15, 0.2) is 0 Å². The van der Waals surface area contributed by atoms with Crippen LogP contribution in [0.15, 0.2) is 24.3 Å². The number of nitrogens with zero attached hydrogens (tertiary/aromatic N) is 3. The van der Waals surface area contributed by atoms with Crippen molar-refractivity contribution in [3.8, 4) is 0 Å². The second-order valence-electron chi connectivity index (χ2n) is 8.34. The van der Waals surface area contributed by atoms with E-state index in [1.54, 1.807) is 0 Å². The van der Waals surface area contributed by atoms with Crippen LogP contribution in [0.25, 0.3) is 0 Å². The van der Waals surface area contributed by atoms with Crippen molar-refractivity contribution in [2.24, 2.45) is 0 Å². The zero-order valence-corrected chi connectivity index (χ0v) is 17.5. The van der Waals surface area contributed by atoms with Gasteiger partial charge in [0.05, 0.1) is 12.6 Å². The van der Waals surface area contributed by atoms with Crippen molar-refractivity contribution in [1.29, 1.82) is 0 Å². The van der Waals surface area contributed by atoms with E-state index < -0.39 is 0 Å². The van der Waals surface area contributed by atoms with E-state index in [9.17, 15) is 9.59 Å². The van der Waals surface area contributed by atoms with Crippen molar-refractivity contribution in [3.05, 3.63) is 29.8 Å². The molecule has 28 heavy (non-hydrogen) atoms. The first-order valence-electron chi connectivity index (χ1n) is 10.6. The molecule has 0 aliphatic carbocycles. The maximum atomic E-state index is 12.6. The summed E-state index contributed by atoms with van der Waals surface area (Å²) < 4.78 is 0. The van der Waals surface area contributed by atoms with Crippen LogP contribution < -0.4 is 5.32 Å². The van der Waals surface area contributed by atoms with Crippen molar-refractivity contribution in [3.63, 3.8) is 0 Å². The summed E-state index contributed by atoms with van der Waals surface area (Å²) in [5.41, 5.74) is 2.11. The summed E-state index contributed by atoms with van der Waals surface area (Å²) in [5.74, 6) is 0.762. The summed E-state index contributed by atoms with van der Waals surface area (Å²) in [6.45, 7) is 11.9. The number of nitrogens with one attached hydrogen (secondary N) is 1. The first kappa shape index (κ1) is 20.8. The van der Waals surface area contributed by atoms with Gasteiger partial charge in [-0.05, 0) is 43.4 Å². The van der Waals surface area contributed by atoms with E-state index in [2.05, 4.69) is 41.1 Å². The Balaban J connectivity index is 1.44. The fourth-order valence-corrected chi connectivity index (χ4v) is 3.93. The zero-order chi connectivity index (χ0) is 20.1. The SMILES string of the molecule is CC(C)c1ccc(NC(=O)C(C)N2CCN(CC(=O)N3CCCC3)CC2)cc1. The van der Waals surface area contributed by atoms with Gasteiger partial charge in [-0.3, -0.25) is 19.4 Å². The highest BCUT2D eigenvalue weighted by molar-refractivity contribution is 5.94. The average molecular weight is 387 g/mol. The lowest BCUT2D eigenvalue weighted by atomic mass is 10.0. The van der Waals surface area contributed by atoms with Crippen molar-refractivity contribution in [2.45, 2.75) is 45.6 Å². The van der Waals surface area contributed by atoms with Crippen LogP contribution in [0.5, 0.6) is 0 Å². The fraction of sp³-hybridized carbons (Fsp3) is 0.636. The van der Waals surface area contributed by atoms with Crippen molar-refractivity contribution >= 4 is 17.5 Å². The minimum atomic E-state index is -0.179. The maximum Gasteiger partial charge on any atom is 0.241 e. The molecule has 2 saturated heterocycles. The minimum Gasteiger partial charge on any atom is -0.342 e.